The van der Waals surface area contributed by atoms with Gasteiger partial charge in [-0.3, -0.25) is 4.79 Å². The van der Waals surface area contributed by atoms with Gasteiger partial charge in [-0.1, -0.05) is 30.4 Å². The molecule has 0 saturated carbocycles. The van der Waals surface area contributed by atoms with E-state index < -0.39 is 0 Å². The van der Waals surface area contributed by atoms with Crippen LogP contribution < -0.4 is 4.90 Å². The SMILES string of the molecule is COC(=O)CCC(=S)N(C)c1ccccc1. The predicted molar refractivity (Wildman–Crippen MR) is 68.7 cm³/mol. The van der Waals surface area contributed by atoms with Crippen LogP contribution in [0.2, 0.25) is 0 Å². The van der Waals surface area contributed by atoms with E-state index in [1.165, 1.54) is 7.11 Å². The number of benzene rings is 1. The molecule has 3 nitrogen and oxygen atoms in total. The molecule has 0 bridgehead atoms. The molecule has 1 aromatic carbocycles. The summed E-state index contributed by atoms with van der Waals surface area (Å²) in [7, 11) is 3.28. The van der Waals surface area contributed by atoms with Crippen molar-refractivity contribution in [2.75, 3.05) is 19.1 Å². The van der Waals surface area contributed by atoms with E-state index in [1.807, 2.05) is 42.3 Å². The Hall–Kier alpha value is -1.42. The highest BCUT2D eigenvalue weighted by atomic mass is 32.1. The molecule has 0 amide bonds. The first kappa shape index (κ1) is 12.6. The van der Waals surface area contributed by atoms with Gasteiger partial charge in [-0.05, 0) is 12.1 Å². The van der Waals surface area contributed by atoms with Crippen LogP contribution in [-0.4, -0.2) is 25.1 Å². The highest BCUT2D eigenvalue weighted by molar-refractivity contribution is 7.80. The lowest BCUT2D eigenvalue weighted by atomic mass is 10.2. The fourth-order valence-corrected chi connectivity index (χ4v) is 1.48. The quantitative estimate of drug-likeness (QED) is 0.594. The molecular formula is C12H15NO2S. The molecule has 0 N–H and O–H groups in total. The van der Waals surface area contributed by atoms with Crippen molar-refractivity contribution in [3.63, 3.8) is 0 Å². The van der Waals surface area contributed by atoms with E-state index in [2.05, 4.69) is 4.74 Å². The van der Waals surface area contributed by atoms with E-state index in [0.29, 0.717) is 12.8 Å². The lowest BCUT2D eigenvalue weighted by molar-refractivity contribution is -0.140. The van der Waals surface area contributed by atoms with Gasteiger partial charge in [0.15, 0.2) is 0 Å². The van der Waals surface area contributed by atoms with Gasteiger partial charge in [0.25, 0.3) is 0 Å². The van der Waals surface area contributed by atoms with Gasteiger partial charge >= 0.3 is 5.97 Å². The molecule has 16 heavy (non-hydrogen) atoms. The molecule has 0 aliphatic heterocycles. The van der Waals surface area contributed by atoms with Gasteiger partial charge < -0.3 is 9.64 Å². The minimum absolute atomic E-state index is 0.233. The normalized spacial score (nSPS) is 9.62. The Morgan fingerprint density at radius 1 is 1.31 bits per heavy atom. The second-order valence-corrected chi connectivity index (χ2v) is 3.84. The predicted octanol–water partition coefficient (Wildman–Crippen LogP) is 2.40. The summed E-state index contributed by atoms with van der Waals surface area (Å²) in [6, 6.07) is 9.81. The lowest BCUT2D eigenvalue weighted by Gasteiger charge is -2.19. The molecule has 1 aromatic rings. The Morgan fingerprint density at radius 2 is 1.94 bits per heavy atom. The fourth-order valence-electron chi connectivity index (χ4n) is 1.27. The number of carbonyl (C=O) groups is 1. The van der Waals surface area contributed by atoms with E-state index in [1.54, 1.807) is 0 Å². The smallest absolute Gasteiger partial charge is 0.305 e. The van der Waals surface area contributed by atoms with Crippen molar-refractivity contribution in [1.29, 1.82) is 0 Å². The minimum Gasteiger partial charge on any atom is -0.469 e. The highest BCUT2D eigenvalue weighted by Crippen LogP contribution is 2.13. The zero-order valence-corrected chi connectivity index (χ0v) is 10.3. The summed E-state index contributed by atoms with van der Waals surface area (Å²) in [5.74, 6) is -0.233. The van der Waals surface area contributed by atoms with Crippen LogP contribution in [0.4, 0.5) is 5.69 Å². The van der Waals surface area contributed by atoms with Crippen LogP contribution in [0.3, 0.4) is 0 Å². The van der Waals surface area contributed by atoms with Gasteiger partial charge in [0.1, 0.15) is 0 Å². The van der Waals surface area contributed by atoms with Crippen molar-refractivity contribution in [2.24, 2.45) is 0 Å². The van der Waals surface area contributed by atoms with Crippen LogP contribution >= 0.6 is 12.2 Å². The van der Waals surface area contributed by atoms with Gasteiger partial charge in [0.2, 0.25) is 0 Å². The Labute approximate surface area is 101 Å². The average Bonchev–Trinajstić information content (AvgIpc) is 2.35. The number of ether oxygens (including phenoxy) is 1. The zero-order valence-electron chi connectivity index (χ0n) is 9.47. The molecule has 0 fully saturated rings. The maximum absolute atomic E-state index is 11.0. The van der Waals surface area contributed by atoms with Crippen molar-refractivity contribution in [1.82, 2.24) is 0 Å². The fraction of sp³-hybridized carbons (Fsp3) is 0.333. The lowest BCUT2D eigenvalue weighted by Crippen LogP contribution is -2.24. The van der Waals surface area contributed by atoms with Gasteiger partial charge in [0.05, 0.1) is 18.5 Å². The molecule has 4 heteroatoms. The number of esters is 1. The number of carbonyl (C=O) groups excluding carboxylic acids is 1. The third kappa shape index (κ3) is 3.62. The van der Waals surface area contributed by atoms with Crippen LogP contribution in [-0.2, 0) is 9.53 Å². The van der Waals surface area contributed by atoms with Crippen molar-refractivity contribution in [2.45, 2.75) is 12.8 Å². The van der Waals surface area contributed by atoms with Crippen molar-refractivity contribution in [3.8, 4) is 0 Å². The summed E-state index contributed by atoms with van der Waals surface area (Å²) >= 11 is 5.24. The molecule has 0 heterocycles. The number of hydrogen-bond acceptors (Lipinski definition) is 3. The highest BCUT2D eigenvalue weighted by Gasteiger charge is 2.09. The standard InChI is InChI=1S/C12H15NO2S/c1-13(10-6-4-3-5-7-10)11(16)8-9-12(14)15-2/h3-7H,8-9H2,1-2H3. The van der Waals surface area contributed by atoms with Crippen molar-refractivity contribution < 1.29 is 9.53 Å². The minimum atomic E-state index is -0.233. The Bertz CT molecular complexity index is 365. The first-order valence-electron chi connectivity index (χ1n) is 5.03. The number of hydrogen-bond donors (Lipinski definition) is 0. The summed E-state index contributed by atoms with van der Waals surface area (Å²) in [5.41, 5.74) is 1.03. The number of thiocarbonyl (C=S) groups is 1. The third-order valence-electron chi connectivity index (χ3n) is 2.29. The molecule has 0 saturated heterocycles. The maximum Gasteiger partial charge on any atom is 0.305 e. The van der Waals surface area contributed by atoms with E-state index in [9.17, 15) is 4.79 Å². The van der Waals surface area contributed by atoms with Gasteiger partial charge in [-0.2, -0.15) is 0 Å². The summed E-state index contributed by atoms with van der Waals surface area (Å²) in [6.45, 7) is 0. The van der Waals surface area contributed by atoms with Crippen LogP contribution in [0.1, 0.15) is 12.8 Å². The molecule has 0 atom stereocenters. The Morgan fingerprint density at radius 3 is 2.50 bits per heavy atom. The summed E-state index contributed by atoms with van der Waals surface area (Å²) in [6.07, 6.45) is 0.861. The number of para-hydroxylation sites is 1. The molecule has 0 spiro atoms. The Balaban J connectivity index is 2.52. The molecule has 0 aliphatic carbocycles. The topological polar surface area (TPSA) is 29.5 Å². The summed E-state index contributed by atoms with van der Waals surface area (Å²) < 4.78 is 4.57. The number of rotatable bonds is 4. The van der Waals surface area contributed by atoms with Crippen LogP contribution in [0, 0.1) is 0 Å². The molecule has 0 radical (unpaired) electrons. The molecule has 86 valence electrons. The zero-order chi connectivity index (χ0) is 12.0. The molecular weight excluding hydrogens is 222 g/mol. The number of methoxy groups -OCH3 is 1. The third-order valence-corrected chi connectivity index (χ3v) is 2.77. The molecule has 0 unspecified atom stereocenters. The second-order valence-electron chi connectivity index (χ2n) is 3.36. The van der Waals surface area contributed by atoms with E-state index in [0.717, 1.165) is 10.7 Å². The van der Waals surface area contributed by atoms with E-state index in [-0.39, 0.29) is 5.97 Å². The first-order chi connectivity index (χ1) is 7.65. The molecule has 0 aliphatic rings. The van der Waals surface area contributed by atoms with E-state index >= 15 is 0 Å². The molecule has 0 aromatic heterocycles. The van der Waals surface area contributed by atoms with Crippen LogP contribution in [0.5, 0.6) is 0 Å². The van der Waals surface area contributed by atoms with Crippen molar-refractivity contribution in [3.05, 3.63) is 30.3 Å². The number of anilines is 1. The monoisotopic (exact) mass is 237 g/mol. The Kier molecular flexibility index (Phi) is 4.92. The second kappa shape index (κ2) is 6.23. The average molecular weight is 237 g/mol. The van der Waals surface area contributed by atoms with Crippen molar-refractivity contribution >= 4 is 28.9 Å². The van der Waals surface area contributed by atoms with Gasteiger partial charge in [-0.25, -0.2) is 0 Å². The van der Waals surface area contributed by atoms with Crippen LogP contribution in [0.25, 0.3) is 0 Å². The van der Waals surface area contributed by atoms with Gasteiger partial charge in [-0.15, -0.1) is 0 Å². The largest absolute Gasteiger partial charge is 0.469 e. The van der Waals surface area contributed by atoms with Crippen LogP contribution in [0.15, 0.2) is 30.3 Å². The van der Waals surface area contributed by atoms with E-state index in [4.69, 9.17) is 12.2 Å². The molecule has 1 rings (SSSR count). The first-order valence-corrected chi connectivity index (χ1v) is 5.44. The summed E-state index contributed by atoms with van der Waals surface area (Å²) in [5, 5.41) is 0. The van der Waals surface area contributed by atoms with Gasteiger partial charge in [0, 0.05) is 19.2 Å². The maximum atomic E-state index is 11.0. The summed E-state index contributed by atoms with van der Waals surface area (Å²) in [4.78, 5) is 13.6. The number of nitrogens with zero attached hydrogens (tertiary/aromatic N) is 1.